The fraction of sp³-hybridized carbons (Fsp3) is 0.278. The first kappa shape index (κ1) is 17.1. The minimum atomic E-state index is 0.505. The molecule has 0 heterocycles. The van der Waals surface area contributed by atoms with Gasteiger partial charge in [-0.1, -0.05) is 26.0 Å². The van der Waals surface area contributed by atoms with Crippen LogP contribution < -0.4 is 20.1 Å². The van der Waals surface area contributed by atoms with Crippen molar-refractivity contribution in [1.29, 1.82) is 0 Å². The van der Waals surface area contributed by atoms with Crippen molar-refractivity contribution in [2.24, 2.45) is 0 Å². The van der Waals surface area contributed by atoms with Crippen molar-refractivity contribution in [1.82, 2.24) is 0 Å². The highest BCUT2D eigenvalue weighted by molar-refractivity contribution is 7.80. The summed E-state index contributed by atoms with van der Waals surface area (Å²) in [6.45, 7) is 4.34. The summed E-state index contributed by atoms with van der Waals surface area (Å²) in [5, 5.41) is 6.81. The maximum atomic E-state index is 5.36. The highest BCUT2D eigenvalue weighted by atomic mass is 32.1. The number of benzene rings is 2. The zero-order valence-corrected chi connectivity index (χ0v) is 14.7. The summed E-state index contributed by atoms with van der Waals surface area (Å²) in [4.78, 5) is 0. The monoisotopic (exact) mass is 330 g/mol. The van der Waals surface area contributed by atoms with Crippen molar-refractivity contribution in [2.75, 3.05) is 24.9 Å². The molecule has 0 aromatic heterocycles. The van der Waals surface area contributed by atoms with Gasteiger partial charge < -0.3 is 20.1 Å². The maximum absolute atomic E-state index is 5.36. The smallest absolute Gasteiger partial charge is 0.175 e. The SMILES string of the molecule is COc1ccc(NC(=S)Nc2ccc(C(C)C)cc2)c(OC)c1. The number of nitrogens with one attached hydrogen (secondary N) is 2. The third-order valence-corrected chi connectivity index (χ3v) is 3.70. The van der Waals surface area contributed by atoms with E-state index in [0.717, 1.165) is 17.1 Å². The van der Waals surface area contributed by atoms with Crippen LogP contribution >= 0.6 is 12.2 Å². The van der Waals surface area contributed by atoms with Crippen LogP contribution in [0, 0.1) is 0 Å². The molecule has 0 amide bonds. The zero-order valence-electron chi connectivity index (χ0n) is 13.8. The van der Waals surface area contributed by atoms with E-state index in [4.69, 9.17) is 21.7 Å². The highest BCUT2D eigenvalue weighted by Crippen LogP contribution is 2.29. The molecule has 0 bridgehead atoms. The van der Waals surface area contributed by atoms with Crippen LogP contribution in [0.5, 0.6) is 11.5 Å². The summed E-state index contributed by atoms with van der Waals surface area (Å²) < 4.78 is 10.5. The lowest BCUT2D eigenvalue weighted by atomic mass is 10.0. The molecule has 2 rings (SSSR count). The van der Waals surface area contributed by atoms with Gasteiger partial charge in [0.1, 0.15) is 11.5 Å². The standard InChI is InChI=1S/C18H22N2O2S/c1-12(2)13-5-7-14(8-6-13)19-18(23)20-16-10-9-15(21-3)11-17(16)22-4/h5-12H,1-4H3,(H2,19,20,23). The van der Waals surface area contributed by atoms with Crippen LogP contribution in [0.1, 0.15) is 25.3 Å². The summed E-state index contributed by atoms with van der Waals surface area (Å²) >= 11 is 5.36. The van der Waals surface area contributed by atoms with E-state index in [0.29, 0.717) is 16.8 Å². The van der Waals surface area contributed by atoms with E-state index >= 15 is 0 Å². The minimum Gasteiger partial charge on any atom is -0.497 e. The van der Waals surface area contributed by atoms with E-state index in [1.807, 2.05) is 30.3 Å². The van der Waals surface area contributed by atoms with Gasteiger partial charge in [0, 0.05) is 11.8 Å². The molecule has 2 aromatic rings. The molecule has 0 radical (unpaired) electrons. The molecule has 2 N–H and O–H groups in total. The first-order chi connectivity index (χ1) is 11.0. The van der Waals surface area contributed by atoms with Gasteiger partial charge in [0.05, 0.1) is 19.9 Å². The van der Waals surface area contributed by atoms with Crippen molar-refractivity contribution >= 4 is 28.7 Å². The topological polar surface area (TPSA) is 42.5 Å². The third-order valence-electron chi connectivity index (χ3n) is 3.49. The molecule has 0 aliphatic carbocycles. The lowest BCUT2D eigenvalue weighted by Gasteiger charge is -2.15. The summed E-state index contributed by atoms with van der Waals surface area (Å²) in [6.07, 6.45) is 0. The fourth-order valence-electron chi connectivity index (χ4n) is 2.14. The van der Waals surface area contributed by atoms with Gasteiger partial charge >= 0.3 is 0 Å². The van der Waals surface area contributed by atoms with E-state index in [1.165, 1.54) is 5.56 Å². The molecule has 0 atom stereocenters. The van der Waals surface area contributed by atoms with Crippen molar-refractivity contribution in [3.8, 4) is 11.5 Å². The Hall–Kier alpha value is -2.27. The van der Waals surface area contributed by atoms with Gasteiger partial charge in [0.2, 0.25) is 0 Å². The molecule has 0 saturated carbocycles. The van der Waals surface area contributed by atoms with E-state index in [-0.39, 0.29) is 0 Å². The van der Waals surface area contributed by atoms with Crippen LogP contribution in [0.15, 0.2) is 42.5 Å². The Bertz CT molecular complexity index is 669. The molecular weight excluding hydrogens is 308 g/mol. The fourth-order valence-corrected chi connectivity index (χ4v) is 2.37. The first-order valence-corrected chi connectivity index (χ1v) is 7.84. The second-order valence-electron chi connectivity index (χ2n) is 5.42. The minimum absolute atomic E-state index is 0.505. The Morgan fingerprint density at radius 2 is 1.65 bits per heavy atom. The summed E-state index contributed by atoms with van der Waals surface area (Å²) in [5.41, 5.74) is 3.02. The van der Waals surface area contributed by atoms with E-state index < -0.39 is 0 Å². The van der Waals surface area contributed by atoms with Crippen LogP contribution in [0.3, 0.4) is 0 Å². The predicted molar refractivity (Wildman–Crippen MR) is 99.9 cm³/mol. The number of anilines is 2. The molecular formula is C18H22N2O2S. The summed E-state index contributed by atoms with van der Waals surface area (Å²) in [6, 6.07) is 13.8. The second-order valence-corrected chi connectivity index (χ2v) is 5.83. The van der Waals surface area contributed by atoms with Crippen molar-refractivity contribution in [3.63, 3.8) is 0 Å². The zero-order chi connectivity index (χ0) is 16.8. The van der Waals surface area contributed by atoms with Crippen LogP contribution in [0.2, 0.25) is 0 Å². The van der Waals surface area contributed by atoms with E-state index in [9.17, 15) is 0 Å². The van der Waals surface area contributed by atoms with Crippen LogP contribution in [-0.2, 0) is 0 Å². The summed E-state index contributed by atoms with van der Waals surface area (Å²) in [5.74, 6) is 1.91. The molecule has 0 unspecified atom stereocenters. The van der Waals surface area contributed by atoms with Gasteiger partial charge in [-0.15, -0.1) is 0 Å². The van der Waals surface area contributed by atoms with Gasteiger partial charge in [-0.05, 0) is 48.0 Å². The van der Waals surface area contributed by atoms with Crippen molar-refractivity contribution in [3.05, 3.63) is 48.0 Å². The number of hydrogen-bond acceptors (Lipinski definition) is 3. The Morgan fingerprint density at radius 1 is 0.957 bits per heavy atom. The van der Waals surface area contributed by atoms with Gasteiger partial charge in [-0.2, -0.15) is 0 Å². The first-order valence-electron chi connectivity index (χ1n) is 7.43. The van der Waals surface area contributed by atoms with Crippen molar-refractivity contribution in [2.45, 2.75) is 19.8 Å². The van der Waals surface area contributed by atoms with E-state index in [1.54, 1.807) is 14.2 Å². The number of ether oxygens (including phenoxy) is 2. The molecule has 0 aliphatic heterocycles. The molecule has 0 saturated heterocycles. The molecule has 0 fully saturated rings. The molecule has 2 aromatic carbocycles. The summed E-state index contributed by atoms with van der Waals surface area (Å²) in [7, 11) is 3.23. The van der Waals surface area contributed by atoms with Crippen LogP contribution in [0.25, 0.3) is 0 Å². The molecule has 23 heavy (non-hydrogen) atoms. The molecule has 122 valence electrons. The van der Waals surface area contributed by atoms with Crippen LogP contribution in [-0.4, -0.2) is 19.3 Å². The molecule has 4 nitrogen and oxygen atoms in total. The Labute approximate surface area is 142 Å². The van der Waals surface area contributed by atoms with Crippen LogP contribution in [0.4, 0.5) is 11.4 Å². The Balaban J connectivity index is 2.04. The number of hydrogen-bond donors (Lipinski definition) is 2. The quantitative estimate of drug-likeness (QED) is 0.782. The van der Waals surface area contributed by atoms with Gasteiger partial charge in [-0.25, -0.2) is 0 Å². The average Bonchev–Trinajstić information content (AvgIpc) is 2.55. The highest BCUT2D eigenvalue weighted by Gasteiger charge is 2.07. The van der Waals surface area contributed by atoms with Crippen molar-refractivity contribution < 1.29 is 9.47 Å². The van der Waals surface area contributed by atoms with E-state index in [2.05, 4.69) is 36.6 Å². The lowest BCUT2D eigenvalue weighted by Crippen LogP contribution is -2.19. The molecule has 0 aliphatic rings. The normalized spacial score (nSPS) is 10.3. The van der Waals surface area contributed by atoms with Gasteiger partial charge in [0.25, 0.3) is 0 Å². The number of rotatable bonds is 5. The largest absolute Gasteiger partial charge is 0.497 e. The maximum Gasteiger partial charge on any atom is 0.175 e. The molecule has 5 heteroatoms. The second kappa shape index (κ2) is 7.83. The Morgan fingerprint density at radius 3 is 2.22 bits per heavy atom. The Kier molecular flexibility index (Phi) is 5.82. The average molecular weight is 330 g/mol. The molecule has 0 spiro atoms. The number of thiocarbonyl (C=S) groups is 1. The van der Waals surface area contributed by atoms with Gasteiger partial charge in [0.15, 0.2) is 5.11 Å². The lowest BCUT2D eigenvalue weighted by molar-refractivity contribution is 0.395. The number of methoxy groups -OCH3 is 2. The van der Waals surface area contributed by atoms with Gasteiger partial charge in [-0.3, -0.25) is 0 Å². The predicted octanol–water partition coefficient (Wildman–Crippen LogP) is 4.64. The third kappa shape index (κ3) is 4.60.